The molecule has 0 aromatic heterocycles. The average molecular weight is 391 g/mol. The molecule has 6 heteroatoms. The summed E-state index contributed by atoms with van der Waals surface area (Å²) in [5.74, 6) is 2.25. The first-order chi connectivity index (χ1) is 12.8. The van der Waals surface area contributed by atoms with E-state index in [2.05, 4.69) is 19.2 Å². The smallest absolute Gasteiger partial charge is 0.243 e. The van der Waals surface area contributed by atoms with Crippen molar-refractivity contribution in [2.75, 3.05) is 18.4 Å². The highest BCUT2D eigenvalue weighted by Gasteiger charge is 2.43. The zero-order chi connectivity index (χ0) is 19.2. The number of sulfonamides is 1. The van der Waals surface area contributed by atoms with Crippen molar-refractivity contribution in [2.24, 2.45) is 29.6 Å². The molecule has 5 unspecified atom stereocenters. The third-order valence-electron chi connectivity index (χ3n) is 6.67. The fraction of sp³-hybridized carbons (Fsp3) is 0.667. The van der Waals surface area contributed by atoms with Gasteiger partial charge in [-0.1, -0.05) is 20.3 Å². The number of nitrogens with zero attached hydrogens (tertiary/aromatic N) is 1. The molecule has 1 saturated heterocycles. The molecule has 3 fully saturated rings. The van der Waals surface area contributed by atoms with Crippen LogP contribution in [0.1, 0.15) is 46.0 Å². The van der Waals surface area contributed by atoms with E-state index in [1.54, 1.807) is 28.6 Å². The Labute approximate surface area is 162 Å². The molecule has 5 atom stereocenters. The van der Waals surface area contributed by atoms with E-state index in [9.17, 15) is 13.2 Å². The maximum atomic E-state index is 12.9. The Kier molecular flexibility index (Phi) is 5.06. The first kappa shape index (κ1) is 18.9. The van der Waals surface area contributed by atoms with Gasteiger partial charge < -0.3 is 5.32 Å². The second kappa shape index (κ2) is 7.21. The number of hydrogen-bond acceptors (Lipinski definition) is 3. The van der Waals surface area contributed by atoms with Crippen molar-refractivity contribution in [1.29, 1.82) is 0 Å². The lowest BCUT2D eigenvalue weighted by Crippen LogP contribution is -2.42. The largest absolute Gasteiger partial charge is 0.326 e. The van der Waals surface area contributed by atoms with E-state index in [1.165, 1.54) is 19.3 Å². The van der Waals surface area contributed by atoms with Crippen molar-refractivity contribution in [2.45, 2.75) is 50.8 Å². The van der Waals surface area contributed by atoms with Gasteiger partial charge in [-0.2, -0.15) is 4.31 Å². The highest BCUT2D eigenvalue weighted by atomic mass is 32.2. The molecule has 1 amide bonds. The van der Waals surface area contributed by atoms with Crippen LogP contribution in [0.25, 0.3) is 0 Å². The van der Waals surface area contributed by atoms with Gasteiger partial charge in [-0.3, -0.25) is 4.79 Å². The molecule has 0 radical (unpaired) electrons. The van der Waals surface area contributed by atoms with Crippen LogP contribution in [-0.4, -0.2) is 31.7 Å². The molecule has 1 heterocycles. The molecule has 4 rings (SSSR count). The minimum absolute atomic E-state index is 0.0940. The first-order valence-electron chi connectivity index (χ1n) is 10.2. The molecule has 148 valence electrons. The van der Waals surface area contributed by atoms with Gasteiger partial charge in [0.25, 0.3) is 0 Å². The number of carbonyl (C=O) groups is 1. The Morgan fingerprint density at radius 3 is 2.22 bits per heavy atom. The van der Waals surface area contributed by atoms with E-state index in [4.69, 9.17) is 0 Å². The zero-order valence-electron chi connectivity index (χ0n) is 16.2. The van der Waals surface area contributed by atoms with Gasteiger partial charge in [0.15, 0.2) is 0 Å². The zero-order valence-corrected chi connectivity index (χ0v) is 17.0. The fourth-order valence-corrected chi connectivity index (χ4v) is 7.14. The summed E-state index contributed by atoms with van der Waals surface area (Å²) in [5.41, 5.74) is 0.683. The highest BCUT2D eigenvalue weighted by Crippen LogP contribution is 2.48. The second-order valence-corrected chi connectivity index (χ2v) is 11.0. The predicted octanol–water partition coefficient (Wildman–Crippen LogP) is 3.73. The Balaban J connectivity index is 1.43. The number of benzene rings is 1. The number of carbonyl (C=O) groups excluding carboxylic acids is 1. The minimum Gasteiger partial charge on any atom is -0.326 e. The van der Waals surface area contributed by atoms with Crippen molar-refractivity contribution >= 4 is 21.6 Å². The van der Waals surface area contributed by atoms with E-state index in [0.717, 1.165) is 18.8 Å². The van der Waals surface area contributed by atoms with Gasteiger partial charge in [-0.15, -0.1) is 0 Å². The van der Waals surface area contributed by atoms with Crippen molar-refractivity contribution in [3.63, 3.8) is 0 Å². The van der Waals surface area contributed by atoms with Crippen molar-refractivity contribution in [1.82, 2.24) is 4.31 Å². The van der Waals surface area contributed by atoms with E-state index in [-0.39, 0.29) is 11.8 Å². The SMILES string of the molecule is CC1CC(C)CN(S(=O)(=O)c2ccc(NC(=O)C3CC4CCC3C4)cc2)C1. The molecule has 1 N–H and O–H groups in total. The Morgan fingerprint density at radius 2 is 1.67 bits per heavy atom. The molecule has 27 heavy (non-hydrogen) atoms. The summed E-state index contributed by atoms with van der Waals surface area (Å²) in [6.45, 7) is 5.36. The summed E-state index contributed by atoms with van der Waals surface area (Å²) in [5, 5.41) is 2.99. The summed E-state index contributed by atoms with van der Waals surface area (Å²) in [7, 11) is -3.48. The summed E-state index contributed by atoms with van der Waals surface area (Å²) in [4.78, 5) is 12.9. The van der Waals surface area contributed by atoms with Crippen LogP contribution in [0.4, 0.5) is 5.69 Å². The summed E-state index contributed by atoms with van der Waals surface area (Å²) in [6.07, 6.45) is 5.72. The van der Waals surface area contributed by atoms with Gasteiger partial charge in [0.05, 0.1) is 4.90 Å². The molecular formula is C21H30N2O3S. The minimum atomic E-state index is -3.48. The first-order valence-corrected chi connectivity index (χ1v) is 11.7. The number of fused-ring (bicyclic) bond motifs is 2. The molecular weight excluding hydrogens is 360 g/mol. The molecule has 1 aromatic carbocycles. The van der Waals surface area contributed by atoms with E-state index in [1.807, 2.05) is 0 Å². The maximum absolute atomic E-state index is 12.9. The fourth-order valence-electron chi connectivity index (χ4n) is 5.46. The summed E-state index contributed by atoms with van der Waals surface area (Å²) in [6, 6.07) is 6.68. The van der Waals surface area contributed by atoms with Crippen LogP contribution in [0.15, 0.2) is 29.2 Å². The summed E-state index contributed by atoms with van der Waals surface area (Å²) < 4.78 is 27.5. The molecule has 2 saturated carbocycles. The monoisotopic (exact) mass is 390 g/mol. The normalized spacial score (nSPS) is 33.9. The molecule has 3 aliphatic rings. The predicted molar refractivity (Wildman–Crippen MR) is 106 cm³/mol. The van der Waals surface area contributed by atoms with E-state index < -0.39 is 10.0 Å². The quantitative estimate of drug-likeness (QED) is 0.852. The highest BCUT2D eigenvalue weighted by molar-refractivity contribution is 7.89. The van der Waals surface area contributed by atoms with Gasteiger partial charge in [-0.25, -0.2) is 8.42 Å². The van der Waals surface area contributed by atoms with Gasteiger partial charge in [0.1, 0.15) is 0 Å². The Hall–Kier alpha value is -1.40. The Bertz CT molecular complexity index is 795. The molecule has 2 aliphatic carbocycles. The number of rotatable bonds is 4. The van der Waals surface area contributed by atoms with Crippen LogP contribution >= 0.6 is 0 Å². The number of nitrogens with one attached hydrogen (secondary N) is 1. The standard InChI is InChI=1S/C21H30N2O3S/c1-14-9-15(2)13-23(12-14)27(25,26)19-7-5-18(6-8-19)22-21(24)20-11-16-3-4-17(20)10-16/h5-8,14-17,20H,3-4,9-13H2,1-2H3,(H,22,24). The van der Waals surface area contributed by atoms with Crippen molar-refractivity contribution in [3.8, 4) is 0 Å². The van der Waals surface area contributed by atoms with Gasteiger partial charge in [-0.05, 0) is 73.6 Å². The van der Waals surface area contributed by atoms with Crippen LogP contribution in [0.5, 0.6) is 0 Å². The molecule has 2 bridgehead atoms. The van der Waals surface area contributed by atoms with Crippen LogP contribution in [0.2, 0.25) is 0 Å². The topological polar surface area (TPSA) is 66.5 Å². The van der Waals surface area contributed by atoms with Gasteiger partial charge >= 0.3 is 0 Å². The number of anilines is 1. The maximum Gasteiger partial charge on any atom is 0.243 e. The second-order valence-electron chi connectivity index (χ2n) is 9.06. The lowest BCUT2D eigenvalue weighted by molar-refractivity contribution is -0.121. The average Bonchev–Trinajstić information content (AvgIpc) is 3.25. The van der Waals surface area contributed by atoms with Crippen molar-refractivity contribution < 1.29 is 13.2 Å². The molecule has 0 spiro atoms. The van der Waals surface area contributed by atoms with Crippen molar-refractivity contribution in [3.05, 3.63) is 24.3 Å². The van der Waals surface area contributed by atoms with E-state index in [0.29, 0.717) is 41.4 Å². The number of amides is 1. The van der Waals surface area contributed by atoms with E-state index >= 15 is 0 Å². The number of hydrogen-bond donors (Lipinski definition) is 1. The summed E-state index contributed by atoms with van der Waals surface area (Å²) >= 11 is 0. The lowest BCUT2D eigenvalue weighted by atomic mass is 9.88. The van der Waals surface area contributed by atoms with Crippen LogP contribution in [0, 0.1) is 29.6 Å². The third kappa shape index (κ3) is 3.79. The van der Waals surface area contributed by atoms with Gasteiger partial charge in [0.2, 0.25) is 15.9 Å². The Morgan fingerprint density at radius 1 is 1.00 bits per heavy atom. The molecule has 1 aromatic rings. The number of piperidine rings is 1. The lowest BCUT2D eigenvalue weighted by Gasteiger charge is -2.34. The molecule has 5 nitrogen and oxygen atoms in total. The van der Waals surface area contributed by atoms with Gasteiger partial charge in [0, 0.05) is 24.7 Å². The molecule has 1 aliphatic heterocycles. The van der Waals surface area contributed by atoms with Crippen LogP contribution in [0.3, 0.4) is 0 Å². The third-order valence-corrected chi connectivity index (χ3v) is 8.52. The van der Waals surface area contributed by atoms with Crippen LogP contribution in [-0.2, 0) is 14.8 Å². The van der Waals surface area contributed by atoms with Crippen LogP contribution < -0.4 is 5.32 Å².